The Kier molecular flexibility index (Phi) is 8.52. The van der Waals surface area contributed by atoms with Crippen LogP contribution in [0.5, 0.6) is 0 Å². The van der Waals surface area contributed by atoms with Gasteiger partial charge in [-0.2, -0.15) is 0 Å². The second-order valence-electron chi connectivity index (χ2n) is 15.0. The smallest absolute Gasteiger partial charge is 0.159 e. The molecule has 0 saturated carbocycles. The van der Waals surface area contributed by atoms with Gasteiger partial charge in [-0.05, 0) is 73.5 Å². The van der Waals surface area contributed by atoms with Gasteiger partial charge in [0.1, 0.15) is 23.2 Å². The summed E-state index contributed by atoms with van der Waals surface area (Å²) in [5.41, 5.74) is 14.0. The average molecular weight is 756 g/mol. The van der Waals surface area contributed by atoms with Crippen molar-refractivity contribution >= 4 is 44.4 Å². The summed E-state index contributed by atoms with van der Waals surface area (Å²) in [7, 11) is 0. The number of nitrogens with one attached hydrogen (secondary N) is 1. The molecule has 1 atom stereocenters. The molecule has 0 amide bonds. The number of fused-ring (bicyclic) bond motifs is 4. The highest BCUT2D eigenvalue weighted by Crippen LogP contribution is 2.42. The zero-order valence-corrected chi connectivity index (χ0v) is 32.1. The van der Waals surface area contributed by atoms with Crippen LogP contribution in [0, 0.1) is 0 Å². The molecule has 0 spiro atoms. The predicted octanol–water partition coefficient (Wildman–Crippen LogP) is 13.9. The van der Waals surface area contributed by atoms with E-state index in [4.69, 9.17) is 14.4 Å². The highest BCUT2D eigenvalue weighted by atomic mass is 16.3. The van der Waals surface area contributed by atoms with Crippen LogP contribution < -0.4 is 5.32 Å². The van der Waals surface area contributed by atoms with Crippen molar-refractivity contribution in [3.63, 3.8) is 0 Å². The Balaban J connectivity index is 0.920. The topological polar surface area (TPSA) is 49.9 Å². The fraction of sp³-hybridized carbons (Fsp3) is 0.0182. The maximum atomic E-state index is 6.65. The summed E-state index contributed by atoms with van der Waals surface area (Å²) in [6.07, 6.45) is -0.331. The average Bonchev–Trinajstić information content (AvgIpc) is 3.72. The van der Waals surface area contributed by atoms with Gasteiger partial charge < -0.3 is 9.73 Å². The first kappa shape index (κ1) is 34.4. The summed E-state index contributed by atoms with van der Waals surface area (Å²) in [5.74, 6) is 1.49. The van der Waals surface area contributed by atoms with Crippen molar-refractivity contribution < 1.29 is 4.42 Å². The Labute approximate surface area is 342 Å². The van der Waals surface area contributed by atoms with Gasteiger partial charge in [0.2, 0.25) is 0 Å². The molecule has 2 heterocycles. The molecule has 1 aromatic heterocycles. The van der Waals surface area contributed by atoms with Crippen molar-refractivity contribution in [2.75, 3.05) is 0 Å². The molecule has 0 bridgehead atoms. The monoisotopic (exact) mass is 755 g/mol. The summed E-state index contributed by atoms with van der Waals surface area (Å²) in [6.45, 7) is 0. The molecule has 1 aliphatic heterocycles. The van der Waals surface area contributed by atoms with E-state index in [1.54, 1.807) is 0 Å². The highest BCUT2D eigenvalue weighted by molar-refractivity contribution is 6.17. The van der Waals surface area contributed by atoms with Crippen LogP contribution in [-0.2, 0) is 0 Å². The number of amidine groups is 2. The zero-order valence-electron chi connectivity index (χ0n) is 32.1. The van der Waals surface area contributed by atoms with Crippen LogP contribution in [0.4, 0.5) is 0 Å². The molecular formula is C55H37N3O. The molecule has 9 aromatic carbocycles. The SMILES string of the molecule is c1ccc(C2=NC(c3ccc(-c4ccc(-c5ccc6ccccc6c5)c5oc6ccccc6c45)cc3)NC(c3ccc(-c4ccc(-c5ccccc5)cc4)cc3)=N2)cc1. The van der Waals surface area contributed by atoms with Crippen LogP contribution in [0.3, 0.4) is 0 Å². The highest BCUT2D eigenvalue weighted by Gasteiger charge is 2.22. The van der Waals surface area contributed by atoms with E-state index in [1.165, 1.54) is 27.5 Å². The minimum absolute atomic E-state index is 0.331. The van der Waals surface area contributed by atoms with E-state index in [-0.39, 0.29) is 6.17 Å². The third kappa shape index (κ3) is 6.47. The van der Waals surface area contributed by atoms with Crippen molar-refractivity contribution in [2.45, 2.75) is 6.17 Å². The Morgan fingerprint density at radius 3 is 1.66 bits per heavy atom. The number of furan rings is 1. The number of hydrogen-bond donors (Lipinski definition) is 1. The van der Waals surface area contributed by atoms with Crippen LogP contribution in [0.1, 0.15) is 22.9 Å². The number of nitrogens with zero attached hydrogens (tertiary/aromatic N) is 2. The Hall–Kier alpha value is -7.82. The van der Waals surface area contributed by atoms with E-state index in [1.807, 2.05) is 30.3 Å². The Morgan fingerprint density at radius 2 is 0.949 bits per heavy atom. The Bertz CT molecular complexity index is 3200. The first-order valence-electron chi connectivity index (χ1n) is 20.0. The number of para-hydroxylation sites is 1. The van der Waals surface area contributed by atoms with Crippen LogP contribution in [0.15, 0.2) is 227 Å². The van der Waals surface area contributed by atoms with Crippen molar-refractivity contribution in [3.8, 4) is 44.5 Å². The summed E-state index contributed by atoms with van der Waals surface area (Å²) in [6, 6.07) is 74.7. The third-order valence-corrected chi connectivity index (χ3v) is 11.4. The van der Waals surface area contributed by atoms with Crippen molar-refractivity contribution in [2.24, 2.45) is 9.98 Å². The number of rotatable bonds is 7. The summed E-state index contributed by atoms with van der Waals surface area (Å²) in [4.78, 5) is 10.2. The fourth-order valence-electron chi connectivity index (χ4n) is 8.29. The maximum Gasteiger partial charge on any atom is 0.159 e. The maximum absolute atomic E-state index is 6.65. The summed E-state index contributed by atoms with van der Waals surface area (Å²) in [5, 5.41) is 8.31. The van der Waals surface area contributed by atoms with Gasteiger partial charge in [-0.25, -0.2) is 9.98 Å². The minimum atomic E-state index is -0.331. The van der Waals surface area contributed by atoms with E-state index < -0.39 is 0 Å². The lowest BCUT2D eigenvalue weighted by molar-refractivity contribution is 0.670. The molecule has 4 nitrogen and oxygen atoms in total. The minimum Gasteiger partial charge on any atom is -0.455 e. The van der Waals surface area contributed by atoms with E-state index >= 15 is 0 Å². The van der Waals surface area contributed by atoms with Gasteiger partial charge in [0.05, 0.1) is 0 Å². The lowest BCUT2D eigenvalue weighted by Crippen LogP contribution is -2.33. The van der Waals surface area contributed by atoms with E-state index in [0.717, 1.165) is 72.3 Å². The lowest BCUT2D eigenvalue weighted by Gasteiger charge is -2.24. The lowest BCUT2D eigenvalue weighted by atomic mass is 9.93. The number of hydrogen-bond acceptors (Lipinski definition) is 4. The number of aliphatic imine (C=N–C) groups is 2. The predicted molar refractivity (Wildman–Crippen MR) is 245 cm³/mol. The molecule has 0 saturated heterocycles. The van der Waals surface area contributed by atoms with Crippen molar-refractivity contribution in [1.29, 1.82) is 0 Å². The van der Waals surface area contributed by atoms with Crippen molar-refractivity contribution in [3.05, 3.63) is 229 Å². The van der Waals surface area contributed by atoms with Crippen molar-refractivity contribution in [1.82, 2.24) is 5.32 Å². The second-order valence-corrected chi connectivity index (χ2v) is 15.0. The summed E-state index contributed by atoms with van der Waals surface area (Å²) >= 11 is 0. The van der Waals surface area contributed by atoms with Gasteiger partial charge in [-0.15, -0.1) is 0 Å². The quantitative estimate of drug-likeness (QED) is 0.176. The molecule has 1 unspecified atom stereocenters. The standard InChI is InChI=1S/C55H37N3O/c1-3-11-36(12-4-1)38-19-21-39(22-20-38)40-23-28-43(29-24-40)54-56-53(42-14-5-2-6-15-42)57-55(58-54)44-30-26-41(27-31-44)47-33-34-48(46-32-25-37-13-7-8-16-45(37)35-46)52-51(47)49-17-9-10-18-50(49)59-52/h1-35,55H,(H,56,57,58). The molecule has 1 aliphatic rings. The normalized spacial score (nSPS) is 13.9. The van der Waals surface area contributed by atoms with E-state index in [2.05, 4.69) is 187 Å². The molecule has 10 aromatic rings. The summed E-state index contributed by atoms with van der Waals surface area (Å²) < 4.78 is 6.65. The van der Waals surface area contributed by atoms with Gasteiger partial charge in [0.25, 0.3) is 0 Å². The van der Waals surface area contributed by atoms with Gasteiger partial charge >= 0.3 is 0 Å². The molecule has 0 radical (unpaired) electrons. The van der Waals surface area contributed by atoms with Gasteiger partial charge in [0.15, 0.2) is 5.84 Å². The Morgan fingerprint density at radius 1 is 0.407 bits per heavy atom. The first-order chi connectivity index (χ1) is 29.2. The fourth-order valence-corrected chi connectivity index (χ4v) is 8.29. The largest absolute Gasteiger partial charge is 0.455 e. The first-order valence-corrected chi connectivity index (χ1v) is 20.0. The van der Waals surface area contributed by atoms with Gasteiger partial charge in [0, 0.05) is 27.5 Å². The molecule has 59 heavy (non-hydrogen) atoms. The molecule has 278 valence electrons. The molecule has 0 fully saturated rings. The molecular weight excluding hydrogens is 719 g/mol. The molecule has 4 heteroatoms. The number of benzene rings is 9. The van der Waals surface area contributed by atoms with Crippen LogP contribution in [0.25, 0.3) is 77.2 Å². The van der Waals surface area contributed by atoms with E-state index in [9.17, 15) is 0 Å². The second kappa shape index (κ2) is 14.6. The molecule has 11 rings (SSSR count). The van der Waals surface area contributed by atoms with Crippen LogP contribution >= 0.6 is 0 Å². The van der Waals surface area contributed by atoms with Gasteiger partial charge in [-0.3, -0.25) is 0 Å². The third-order valence-electron chi connectivity index (χ3n) is 11.4. The zero-order chi connectivity index (χ0) is 39.1. The molecule has 1 N–H and O–H groups in total. The van der Waals surface area contributed by atoms with Crippen LogP contribution in [0.2, 0.25) is 0 Å². The van der Waals surface area contributed by atoms with E-state index in [0.29, 0.717) is 5.84 Å². The van der Waals surface area contributed by atoms with Gasteiger partial charge in [-0.1, -0.05) is 194 Å². The molecule has 0 aliphatic carbocycles. The van der Waals surface area contributed by atoms with Crippen LogP contribution in [-0.4, -0.2) is 11.7 Å².